The first kappa shape index (κ1) is 42.0. The second kappa shape index (κ2) is 28.0. The fourth-order valence-electron chi connectivity index (χ4n) is 5.95. The zero-order valence-corrected chi connectivity index (χ0v) is 28.6. The zero-order chi connectivity index (χ0) is 33.1. The second-order valence-corrected chi connectivity index (χ2v) is 13.1. The minimum absolute atomic E-state index is 0.201. The van der Waals surface area contributed by atoms with Gasteiger partial charge in [0, 0.05) is 6.92 Å². The van der Waals surface area contributed by atoms with Crippen molar-refractivity contribution in [1.29, 1.82) is 0 Å². The average molecular weight is 644 g/mol. The lowest BCUT2D eigenvalue weighted by molar-refractivity contribution is -0.302. The van der Waals surface area contributed by atoms with Gasteiger partial charge in [-0.1, -0.05) is 147 Å². The molecule has 0 aromatic rings. The van der Waals surface area contributed by atoms with Gasteiger partial charge >= 0.3 is 0 Å². The lowest BCUT2D eigenvalue weighted by Gasteiger charge is -2.40. The Morgan fingerprint density at radius 3 is 1.60 bits per heavy atom. The van der Waals surface area contributed by atoms with Crippen LogP contribution in [-0.2, 0) is 14.3 Å². The molecule has 7 unspecified atom stereocenters. The number of amides is 1. The van der Waals surface area contributed by atoms with Crippen LogP contribution in [0.1, 0.15) is 155 Å². The maximum absolute atomic E-state index is 11.7. The number of ether oxygens (including phenoxy) is 2. The monoisotopic (exact) mass is 644 g/mol. The summed E-state index contributed by atoms with van der Waals surface area (Å²) in [4.78, 5) is 11.7. The molecule has 266 valence electrons. The van der Waals surface area contributed by atoms with Crippen LogP contribution in [-0.4, -0.2) is 87.5 Å². The molecule has 9 heteroatoms. The molecule has 1 heterocycles. The summed E-state index contributed by atoms with van der Waals surface area (Å²) in [6, 6.07) is -0.800. The summed E-state index contributed by atoms with van der Waals surface area (Å²) in [6.07, 6.45) is 24.7. The first-order valence-electron chi connectivity index (χ1n) is 18.4. The van der Waals surface area contributed by atoms with E-state index in [-0.39, 0.29) is 12.5 Å². The van der Waals surface area contributed by atoms with Crippen molar-refractivity contribution in [2.75, 3.05) is 13.2 Å². The number of carbonyl (C=O) groups is 1. The van der Waals surface area contributed by atoms with Crippen LogP contribution >= 0.6 is 0 Å². The molecule has 0 saturated carbocycles. The molecule has 7 atom stereocenters. The highest BCUT2D eigenvalue weighted by atomic mass is 16.7. The van der Waals surface area contributed by atoms with E-state index in [1.807, 2.05) is 6.08 Å². The Morgan fingerprint density at radius 2 is 1.18 bits per heavy atom. The molecule has 6 N–H and O–H groups in total. The summed E-state index contributed by atoms with van der Waals surface area (Å²) in [5, 5.41) is 52.5. The number of hydrogen-bond acceptors (Lipinski definition) is 8. The van der Waals surface area contributed by atoms with Crippen LogP contribution in [0.2, 0.25) is 0 Å². The highest BCUT2D eigenvalue weighted by Gasteiger charge is 2.44. The minimum Gasteiger partial charge on any atom is -0.394 e. The van der Waals surface area contributed by atoms with Gasteiger partial charge < -0.3 is 40.3 Å². The van der Waals surface area contributed by atoms with Crippen molar-refractivity contribution in [2.45, 2.75) is 198 Å². The summed E-state index contributed by atoms with van der Waals surface area (Å²) < 4.78 is 10.9. The van der Waals surface area contributed by atoms with Gasteiger partial charge in [-0.15, -0.1) is 0 Å². The van der Waals surface area contributed by atoms with Gasteiger partial charge in [-0.2, -0.15) is 0 Å². The Balaban J connectivity index is 2.03. The molecule has 0 aliphatic carbocycles. The number of carbonyl (C=O) groups excluding carboxylic acids is 1. The lowest BCUT2D eigenvalue weighted by Crippen LogP contribution is -2.60. The number of allylic oxidation sites excluding steroid dienone is 1. The molecule has 1 amide bonds. The predicted molar refractivity (Wildman–Crippen MR) is 180 cm³/mol. The van der Waals surface area contributed by atoms with E-state index in [9.17, 15) is 30.3 Å². The highest BCUT2D eigenvalue weighted by molar-refractivity contribution is 5.73. The molecule has 0 aromatic carbocycles. The number of aliphatic hydroxyl groups is 5. The molecule has 1 rings (SSSR count). The Morgan fingerprint density at radius 1 is 0.733 bits per heavy atom. The molecule has 0 bridgehead atoms. The molecule has 1 aliphatic heterocycles. The topological polar surface area (TPSA) is 149 Å². The molecule has 45 heavy (non-hydrogen) atoms. The first-order valence-corrected chi connectivity index (χ1v) is 18.4. The van der Waals surface area contributed by atoms with E-state index < -0.39 is 49.5 Å². The fourth-order valence-corrected chi connectivity index (χ4v) is 5.95. The molecular formula is C36H69NO8. The van der Waals surface area contributed by atoms with Crippen molar-refractivity contribution >= 4 is 5.91 Å². The second-order valence-electron chi connectivity index (χ2n) is 13.1. The third-order valence-corrected chi connectivity index (χ3v) is 8.90. The van der Waals surface area contributed by atoms with Gasteiger partial charge in [-0.3, -0.25) is 4.79 Å². The standard InChI is InChI=1S/C36H69NO8/c1-3-4-5-6-7-8-9-10-11-12-13-14-15-16-17-18-19-20-21-22-23-24-25-26-31(40)30(37-29(2)39)28-44-36-35(43)34(42)33(41)32(27-38)45-36/h25-26,30-36,38,40-43H,3-24,27-28H2,1-2H3,(H,37,39)/b26-25+. The Bertz CT molecular complexity index is 721. The Kier molecular flexibility index (Phi) is 26.1. The predicted octanol–water partition coefficient (Wildman–Crippen LogP) is 5.83. The van der Waals surface area contributed by atoms with Gasteiger partial charge in [0.1, 0.15) is 24.4 Å². The van der Waals surface area contributed by atoms with Gasteiger partial charge in [0.05, 0.1) is 25.4 Å². The smallest absolute Gasteiger partial charge is 0.217 e. The number of unbranched alkanes of at least 4 members (excludes halogenated alkanes) is 21. The van der Waals surface area contributed by atoms with Crippen LogP contribution < -0.4 is 5.32 Å². The third kappa shape index (κ3) is 20.7. The molecule has 1 aliphatic rings. The van der Waals surface area contributed by atoms with Crippen LogP contribution in [0.3, 0.4) is 0 Å². The van der Waals surface area contributed by atoms with Crippen molar-refractivity contribution in [1.82, 2.24) is 5.32 Å². The number of aliphatic hydroxyl groups excluding tert-OH is 5. The van der Waals surface area contributed by atoms with E-state index in [0.717, 1.165) is 19.3 Å². The van der Waals surface area contributed by atoms with Crippen molar-refractivity contribution in [3.05, 3.63) is 12.2 Å². The van der Waals surface area contributed by atoms with E-state index in [1.165, 1.54) is 129 Å². The lowest BCUT2D eigenvalue weighted by atomic mass is 9.99. The van der Waals surface area contributed by atoms with Gasteiger partial charge in [0.15, 0.2) is 6.29 Å². The zero-order valence-electron chi connectivity index (χ0n) is 28.6. The maximum Gasteiger partial charge on any atom is 0.217 e. The van der Waals surface area contributed by atoms with Gasteiger partial charge in [-0.25, -0.2) is 0 Å². The van der Waals surface area contributed by atoms with E-state index >= 15 is 0 Å². The molecule has 1 fully saturated rings. The SMILES string of the molecule is CCCCCCCCCCCCCCCCCCCCCCC/C=C/C(O)C(COC1OC(CO)C(O)C(O)C1O)NC(C)=O. The van der Waals surface area contributed by atoms with Gasteiger partial charge in [-0.05, 0) is 12.8 Å². The molecular weight excluding hydrogens is 574 g/mol. The summed E-state index contributed by atoms with van der Waals surface area (Å²) in [6.45, 7) is 2.84. The summed E-state index contributed by atoms with van der Waals surface area (Å²) in [7, 11) is 0. The summed E-state index contributed by atoms with van der Waals surface area (Å²) in [5.74, 6) is -0.353. The van der Waals surface area contributed by atoms with Crippen LogP contribution in [0.4, 0.5) is 0 Å². The Hall–Kier alpha value is -1.07. The first-order chi connectivity index (χ1) is 21.8. The fraction of sp³-hybridized carbons (Fsp3) is 0.917. The van der Waals surface area contributed by atoms with Crippen molar-refractivity contribution in [3.8, 4) is 0 Å². The third-order valence-electron chi connectivity index (χ3n) is 8.90. The average Bonchev–Trinajstić information content (AvgIpc) is 3.02. The van der Waals surface area contributed by atoms with Crippen LogP contribution in [0.15, 0.2) is 12.2 Å². The van der Waals surface area contributed by atoms with Gasteiger partial charge in [0.2, 0.25) is 5.91 Å². The minimum atomic E-state index is -1.56. The number of rotatable bonds is 29. The normalized spacial score (nSPS) is 23.4. The Labute approximate surface area is 274 Å². The van der Waals surface area contributed by atoms with Crippen molar-refractivity contribution in [2.24, 2.45) is 0 Å². The molecule has 9 nitrogen and oxygen atoms in total. The van der Waals surface area contributed by atoms with Crippen molar-refractivity contribution in [3.63, 3.8) is 0 Å². The molecule has 0 aromatic heterocycles. The summed E-state index contributed by atoms with van der Waals surface area (Å²) in [5.41, 5.74) is 0. The quantitative estimate of drug-likeness (QED) is 0.0441. The van der Waals surface area contributed by atoms with Crippen LogP contribution in [0.25, 0.3) is 0 Å². The van der Waals surface area contributed by atoms with E-state index in [0.29, 0.717) is 0 Å². The van der Waals surface area contributed by atoms with Crippen molar-refractivity contribution < 1.29 is 39.8 Å². The number of nitrogens with one attached hydrogen (secondary N) is 1. The summed E-state index contributed by atoms with van der Waals surface area (Å²) >= 11 is 0. The molecule has 0 spiro atoms. The van der Waals surface area contributed by atoms with E-state index in [4.69, 9.17) is 9.47 Å². The molecule has 0 radical (unpaired) electrons. The van der Waals surface area contributed by atoms with Crippen LogP contribution in [0.5, 0.6) is 0 Å². The van der Waals surface area contributed by atoms with Gasteiger partial charge in [0.25, 0.3) is 0 Å². The molecule has 1 saturated heterocycles. The van der Waals surface area contributed by atoms with E-state index in [2.05, 4.69) is 12.2 Å². The number of hydrogen-bond donors (Lipinski definition) is 6. The van der Waals surface area contributed by atoms with Crippen LogP contribution in [0, 0.1) is 0 Å². The maximum atomic E-state index is 11.7. The van der Waals surface area contributed by atoms with E-state index in [1.54, 1.807) is 6.08 Å². The largest absolute Gasteiger partial charge is 0.394 e. The highest BCUT2D eigenvalue weighted by Crippen LogP contribution is 2.22.